The van der Waals surface area contributed by atoms with Gasteiger partial charge >= 0.3 is 0 Å². The van der Waals surface area contributed by atoms with Gasteiger partial charge in [-0.05, 0) is 83.3 Å². The highest BCUT2D eigenvalue weighted by Gasteiger charge is 2.67. The number of hydrogen-bond acceptors (Lipinski definition) is 2. The number of nitrogens with zero attached hydrogens (tertiary/aromatic N) is 1. The highest BCUT2D eigenvalue weighted by atomic mass is 16.5. The summed E-state index contributed by atoms with van der Waals surface area (Å²) in [6.45, 7) is -0.0927. The number of ether oxygens (including phenoxy) is 1. The van der Waals surface area contributed by atoms with Crippen molar-refractivity contribution in [1.29, 1.82) is 0 Å². The molecule has 1 saturated heterocycles. The molecule has 34 heavy (non-hydrogen) atoms. The van der Waals surface area contributed by atoms with Crippen molar-refractivity contribution in [3.05, 3.63) is 76.5 Å². The molecular formula is C31H37NO2. The summed E-state index contributed by atoms with van der Waals surface area (Å²) in [5, 5.41) is 15.9. The maximum atomic E-state index is 13.3. The van der Waals surface area contributed by atoms with Crippen molar-refractivity contribution in [1.82, 2.24) is 0 Å². The summed E-state index contributed by atoms with van der Waals surface area (Å²) >= 11 is 0. The maximum Gasteiger partial charge on any atom is 0.0975 e. The van der Waals surface area contributed by atoms with Crippen molar-refractivity contribution in [2.75, 3.05) is 14.0 Å². The van der Waals surface area contributed by atoms with E-state index in [1.165, 1.54) is 34.5 Å². The lowest BCUT2D eigenvalue weighted by molar-refractivity contribution is -0.869. The summed E-state index contributed by atoms with van der Waals surface area (Å²) in [6.07, 6.45) is 12.0. The van der Waals surface area contributed by atoms with Crippen molar-refractivity contribution in [3.63, 3.8) is 0 Å². The average Bonchev–Trinajstić information content (AvgIpc) is 3.37. The van der Waals surface area contributed by atoms with Gasteiger partial charge in [0.2, 0.25) is 0 Å². The molecule has 2 unspecified atom stereocenters. The molecule has 2 aromatic rings. The molecule has 2 heterocycles. The molecule has 0 radical (unpaired) electrons. The van der Waals surface area contributed by atoms with Gasteiger partial charge < -0.3 is 14.6 Å². The molecule has 2 aromatic carbocycles. The van der Waals surface area contributed by atoms with Crippen LogP contribution in [0.1, 0.15) is 73.9 Å². The van der Waals surface area contributed by atoms with Crippen LogP contribution in [0.25, 0.3) is 10.8 Å². The Balaban J connectivity index is 1.24. The molecule has 178 valence electrons. The number of hydroxylamine groups is 3. The fourth-order valence-corrected chi connectivity index (χ4v) is 8.78. The zero-order valence-electron chi connectivity index (χ0n) is 23.3. The molecule has 3 nitrogen and oxygen atoms in total. The summed E-state index contributed by atoms with van der Waals surface area (Å²) in [5.41, 5.74) is 3.41. The van der Waals surface area contributed by atoms with Crippen LogP contribution in [-0.4, -0.2) is 35.9 Å². The monoisotopic (exact) mass is 458 g/mol. The zero-order chi connectivity index (χ0) is 25.8. The van der Waals surface area contributed by atoms with Gasteiger partial charge in [-0.3, -0.25) is 0 Å². The highest BCUT2D eigenvalue weighted by molar-refractivity contribution is 5.83. The van der Waals surface area contributed by atoms with Gasteiger partial charge in [-0.15, -0.1) is 0 Å². The average molecular weight is 459 g/mol. The Bertz CT molecular complexity index is 1350. The lowest BCUT2D eigenvalue weighted by Crippen LogP contribution is -2.56. The minimum atomic E-state index is -2.57. The minimum absolute atomic E-state index is 0.110. The molecule has 3 heteroatoms. The molecule has 5 aliphatic rings. The van der Waals surface area contributed by atoms with E-state index in [-0.39, 0.29) is 11.0 Å². The summed E-state index contributed by atoms with van der Waals surface area (Å²) in [6, 6.07) is 15.1. The van der Waals surface area contributed by atoms with Crippen molar-refractivity contribution in [3.8, 4) is 0 Å². The second-order valence-corrected chi connectivity index (χ2v) is 12.2. The first-order chi connectivity index (χ1) is 17.5. The van der Waals surface area contributed by atoms with Gasteiger partial charge in [0.25, 0.3) is 0 Å². The van der Waals surface area contributed by atoms with Crippen molar-refractivity contribution >= 4 is 10.8 Å². The Morgan fingerprint density at radius 1 is 1.09 bits per heavy atom. The second-order valence-electron chi connectivity index (χ2n) is 12.2. The maximum absolute atomic E-state index is 13.3. The Morgan fingerprint density at radius 2 is 1.94 bits per heavy atom. The van der Waals surface area contributed by atoms with Gasteiger partial charge in [-0.2, -0.15) is 0 Å². The first kappa shape index (κ1) is 18.3. The number of fused-ring (bicyclic) bond motifs is 2. The molecule has 2 aliphatic heterocycles. The second kappa shape index (κ2) is 6.84. The lowest BCUT2D eigenvalue weighted by atomic mass is 9.58. The number of quaternary nitrogens is 1. The minimum Gasteiger partial charge on any atom is -0.633 e. The molecular weight excluding hydrogens is 418 g/mol. The standard InChI is InChI=1S/C31H37NO2/c1-29-15-14-25-19-24-10-11-26(32(2,3)33)20-30(24)16-17-31(25,34-30)28(29)13-12-27(29)23-9-8-21-6-4-5-7-22(21)18-23/h4-9,14,18-19,26-28H,10-13,15-17,20H2,1-3H3/t26-,27-,28-,29-,30-,31?/m1/s1/i2D3/t26-,27-,28-,29-,30-,31?,32?. The molecule has 7 atom stereocenters. The number of benzene rings is 2. The van der Waals surface area contributed by atoms with Crippen LogP contribution >= 0.6 is 0 Å². The van der Waals surface area contributed by atoms with Crippen LogP contribution < -0.4 is 0 Å². The van der Waals surface area contributed by atoms with Crippen LogP contribution in [0.5, 0.6) is 0 Å². The quantitative estimate of drug-likeness (QED) is 0.358. The van der Waals surface area contributed by atoms with Crippen LogP contribution in [0.2, 0.25) is 0 Å². The summed E-state index contributed by atoms with van der Waals surface area (Å²) in [7, 11) is 1.34. The molecule has 2 bridgehead atoms. The molecule has 7 rings (SSSR count). The molecule has 0 N–H and O–H groups in total. The zero-order valence-corrected chi connectivity index (χ0v) is 20.3. The van der Waals surface area contributed by atoms with Crippen molar-refractivity contribution in [2.45, 2.75) is 81.5 Å². The van der Waals surface area contributed by atoms with E-state index in [2.05, 4.69) is 61.5 Å². The van der Waals surface area contributed by atoms with Gasteiger partial charge in [0.1, 0.15) is 0 Å². The normalized spacial score (nSPS) is 44.0. The fourth-order valence-electron chi connectivity index (χ4n) is 8.78. The third-order valence-corrected chi connectivity index (χ3v) is 10.5. The predicted molar refractivity (Wildman–Crippen MR) is 137 cm³/mol. The fraction of sp³-hybridized carbons (Fsp3) is 0.548. The van der Waals surface area contributed by atoms with E-state index in [0.29, 0.717) is 24.7 Å². The number of hydrogen-bond donors (Lipinski definition) is 0. The predicted octanol–water partition coefficient (Wildman–Crippen LogP) is 7.02. The smallest absolute Gasteiger partial charge is 0.0975 e. The van der Waals surface area contributed by atoms with E-state index in [0.717, 1.165) is 38.5 Å². The van der Waals surface area contributed by atoms with Gasteiger partial charge in [-0.25, -0.2) is 0 Å². The molecule has 2 spiro atoms. The van der Waals surface area contributed by atoms with Crippen LogP contribution in [-0.2, 0) is 4.74 Å². The largest absolute Gasteiger partial charge is 0.633 e. The SMILES string of the molecule is [2H]C([2H])([2H])[N+](C)([O-])[C@@H]1CCC2=CC3=CC[C@]4(C)[C@@H](c5ccc6ccccc6c5)CC[C@H]4C34CC[C@]2(C1)O4. The van der Waals surface area contributed by atoms with E-state index in [4.69, 9.17) is 8.85 Å². The molecule has 3 fully saturated rings. The number of rotatable bonds is 2. The van der Waals surface area contributed by atoms with Gasteiger partial charge in [-0.1, -0.05) is 61.5 Å². The third kappa shape index (κ3) is 2.75. The Hall–Kier alpha value is -1.94. The Morgan fingerprint density at radius 3 is 2.79 bits per heavy atom. The van der Waals surface area contributed by atoms with Crippen LogP contribution in [0.3, 0.4) is 0 Å². The Kier molecular flexibility index (Phi) is 3.69. The van der Waals surface area contributed by atoms with Gasteiger partial charge in [0, 0.05) is 12.8 Å². The topological polar surface area (TPSA) is 32.3 Å². The molecule has 0 aromatic heterocycles. The van der Waals surface area contributed by atoms with Crippen molar-refractivity contribution < 1.29 is 13.5 Å². The molecule has 3 aliphatic carbocycles. The third-order valence-electron chi connectivity index (χ3n) is 10.5. The van der Waals surface area contributed by atoms with Crippen LogP contribution in [0.15, 0.2) is 65.8 Å². The van der Waals surface area contributed by atoms with E-state index < -0.39 is 23.3 Å². The van der Waals surface area contributed by atoms with E-state index >= 15 is 0 Å². The van der Waals surface area contributed by atoms with Crippen LogP contribution in [0, 0.1) is 16.5 Å². The number of allylic oxidation sites excluding steroid dienone is 1. The first-order valence-electron chi connectivity index (χ1n) is 14.7. The summed E-state index contributed by atoms with van der Waals surface area (Å²) in [5.74, 6) is 0.904. The summed E-state index contributed by atoms with van der Waals surface area (Å²) < 4.78 is 29.8. The highest BCUT2D eigenvalue weighted by Crippen LogP contribution is 2.69. The van der Waals surface area contributed by atoms with E-state index in [1.807, 2.05) is 0 Å². The lowest BCUT2D eigenvalue weighted by Gasteiger charge is -2.55. The Labute approximate surface area is 207 Å². The van der Waals surface area contributed by atoms with Crippen LogP contribution in [0.4, 0.5) is 0 Å². The van der Waals surface area contributed by atoms with Gasteiger partial charge in [0.05, 0.1) is 35.4 Å². The van der Waals surface area contributed by atoms with Crippen molar-refractivity contribution in [2.24, 2.45) is 11.3 Å². The summed E-state index contributed by atoms with van der Waals surface area (Å²) in [4.78, 5) is 0. The first-order valence-corrected chi connectivity index (χ1v) is 13.2. The van der Waals surface area contributed by atoms with E-state index in [9.17, 15) is 5.21 Å². The molecule has 0 amide bonds. The van der Waals surface area contributed by atoms with Gasteiger partial charge in [0.15, 0.2) is 0 Å². The van der Waals surface area contributed by atoms with E-state index in [1.54, 1.807) is 0 Å². The molecule has 2 saturated carbocycles.